The Balaban J connectivity index is 1.79. The lowest BCUT2D eigenvalue weighted by molar-refractivity contribution is -0.140. The number of carbonyl (C=O) groups excluding carboxylic acids is 2. The molecule has 44 heavy (non-hydrogen) atoms. The lowest BCUT2D eigenvalue weighted by Gasteiger charge is -2.34. The fourth-order valence-corrected chi connectivity index (χ4v) is 6.26. The predicted octanol–water partition coefficient (Wildman–Crippen LogP) is 5.80. The number of hydrogen-bond donors (Lipinski definition) is 1. The zero-order valence-corrected chi connectivity index (χ0v) is 26.1. The van der Waals surface area contributed by atoms with E-state index in [1.165, 1.54) is 29.2 Å². The van der Waals surface area contributed by atoms with Crippen molar-refractivity contribution in [3.8, 4) is 0 Å². The van der Waals surface area contributed by atoms with E-state index < -0.39 is 34.3 Å². The standard InChI is InChI=1S/C35H38FN3O4S/c1-4-21-37-35(41)33(23-28-10-6-5-7-11-28)38(24-29-15-17-30(36)18-16-29)34(40)25-39(31-12-8-9-27(3)22-31)44(42,43)32-19-13-26(2)14-20-32/h5-20,22,33H,4,21,23-25H2,1-3H3,(H,37,41)/t33-/m1/s1. The van der Waals surface area contributed by atoms with Gasteiger partial charge in [0.2, 0.25) is 11.8 Å². The lowest BCUT2D eigenvalue weighted by atomic mass is 10.0. The number of hydrogen-bond acceptors (Lipinski definition) is 4. The van der Waals surface area contributed by atoms with Crippen LogP contribution in [0.3, 0.4) is 0 Å². The number of halogens is 1. The smallest absolute Gasteiger partial charge is 0.264 e. The Labute approximate surface area is 259 Å². The van der Waals surface area contributed by atoms with E-state index in [0.29, 0.717) is 24.2 Å². The molecule has 1 atom stereocenters. The largest absolute Gasteiger partial charge is 0.354 e. The third kappa shape index (κ3) is 8.32. The molecule has 2 amide bonds. The van der Waals surface area contributed by atoms with E-state index in [9.17, 15) is 22.4 Å². The second-order valence-electron chi connectivity index (χ2n) is 10.8. The van der Waals surface area contributed by atoms with Gasteiger partial charge < -0.3 is 10.2 Å². The minimum Gasteiger partial charge on any atom is -0.354 e. The third-order valence-corrected chi connectivity index (χ3v) is 9.05. The zero-order valence-electron chi connectivity index (χ0n) is 25.2. The van der Waals surface area contributed by atoms with Crippen LogP contribution in [-0.4, -0.2) is 44.3 Å². The summed E-state index contributed by atoms with van der Waals surface area (Å²) in [5.41, 5.74) is 3.49. The minimum absolute atomic E-state index is 0.0254. The monoisotopic (exact) mass is 615 g/mol. The summed E-state index contributed by atoms with van der Waals surface area (Å²) in [4.78, 5) is 29.5. The molecule has 230 valence electrons. The van der Waals surface area contributed by atoms with Crippen molar-refractivity contribution in [1.29, 1.82) is 0 Å². The molecule has 0 aliphatic rings. The summed E-state index contributed by atoms with van der Waals surface area (Å²) in [5.74, 6) is -1.35. The average Bonchev–Trinajstić information content (AvgIpc) is 3.01. The quantitative estimate of drug-likeness (QED) is 0.206. The molecule has 1 N–H and O–H groups in total. The number of carbonyl (C=O) groups is 2. The summed E-state index contributed by atoms with van der Waals surface area (Å²) in [6, 6.07) is 27.5. The van der Waals surface area contributed by atoms with Crippen molar-refractivity contribution in [2.45, 2.75) is 51.1 Å². The molecular weight excluding hydrogens is 577 g/mol. The van der Waals surface area contributed by atoms with Crippen LogP contribution in [0.2, 0.25) is 0 Å². The average molecular weight is 616 g/mol. The SMILES string of the molecule is CCCNC(=O)[C@@H](Cc1ccccc1)N(Cc1ccc(F)cc1)C(=O)CN(c1cccc(C)c1)S(=O)(=O)c1ccc(C)cc1. The molecule has 0 radical (unpaired) electrons. The first-order valence-electron chi connectivity index (χ1n) is 14.6. The highest BCUT2D eigenvalue weighted by molar-refractivity contribution is 7.92. The number of rotatable bonds is 13. The molecule has 0 heterocycles. The van der Waals surface area contributed by atoms with Crippen molar-refractivity contribution in [2.24, 2.45) is 0 Å². The molecular formula is C35H38FN3O4S. The Kier molecular flexibility index (Phi) is 10.9. The highest BCUT2D eigenvalue weighted by Crippen LogP contribution is 2.26. The molecule has 7 nitrogen and oxygen atoms in total. The lowest BCUT2D eigenvalue weighted by Crippen LogP contribution is -2.53. The van der Waals surface area contributed by atoms with Crippen LogP contribution in [-0.2, 0) is 32.6 Å². The first-order valence-corrected chi connectivity index (χ1v) is 16.0. The second kappa shape index (κ2) is 14.8. The number of nitrogens with one attached hydrogen (secondary N) is 1. The van der Waals surface area contributed by atoms with Gasteiger partial charge in [-0.1, -0.05) is 79.2 Å². The molecule has 9 heteroatoms. The molecule has 0 aromatic heterocycles. The molecule has 0 fully saturated rings. The van der Waals surface area contributed by atoms with Gasteiger partial charge in [0.25, 0.3) is 10.0 Å². The van der Waals surface area contributed by atoms with Gasteiger partial charge in [0.1, 0.15) is 18.4 Å². The van der Waals surface area contributed by atoms with Crippen LogP contribution >= 0.6 is 0 Å². The Morgan fingerprint density at radius 2 is 1.50 bits per heavy atom. The number of benzene rings is 4. The van der Waals surface area contributed by atoms with E-state index in [1.54, 1.807) is 42.5 Å². The molecule has 0 saturated heterocycles. The van der Waals surface area contributed by atoms with Gasteiger partial charge in [-0.2, -0.15) is 0 Å². The third-order valence-electron chi connectivity index (χ3n) is 7.26. The highest BCUT2D eigenvalue weighted by atomic mass is 32.2. The van der Waals surface area contributed by atoms with Crippen LogP contribution in [0.4, 0.5) is 10.1 Å². The van der Waals surface area contributed by atoms with Gasteiger partial charge in [-0.25, -0.2) is 12.8 Å². The van der Waals surface area contributed by atoms with Gasteiger partial charge in [-0.05, 0) is 73.4 Å². The van der Waals surface area contributed by atoms with Crippen molar-refractivity contribution in [3.05, 3.63) is 131 Å². The van der Waals surface area contributed by atoms with Crippen molar-refractivity contribution in [2.75, 3.05) is 17.4 Å². The maximum atomic E-state index is 14.4. The van der Waals surface area contributed by atoms with Crippen LogP contribution in [0, 0.1) is 19.7 Å². The first-order chi connectivity index (χ1) is 21.1. The summed E-state index contributed by atoms with van der Waals surface area (Å²) >= 11 is 0. The zero-order chi connectivity index (χ0) is 31.7. The van der Waals surface area contributed by atoms with Crippen LogP contribution in [0.15, 0.2) is 108 Å². The molecule has 4 rings (SSSR count). The van der Waals surface area contributed by atoms with Crippen LogP contribution in [0.25, 0.3) is 0 Å². The van der Waals surface area contributed by atoms with Crippen LogP contribution in [0.5, 0.6) is 0 Å². The number of aryl methyl sites for hydroxylation is 2. The van der Waals surface area contributed by atoms with Crippen molar-refractivity contribution in [3.63, 3.8) is 0 Å². The maximum Gasteiger partial charge on any atom is 0.264 e. The normalized spacial score (nSPS) is 11.9. The summed E-state index contributed by atoms with van der Waals surface area (Å²) in [6.07, 6.45) is 0.907. The van der Waals surface area contributed by atoms with Crippen molar-refractivity contribution < 1.29 is 22.4 Å². The van der Waals surface area contributed by atoms with E-state index >= 15 is 0 Å². The first kappa shape index (κ1) is 32.4. The van der Waals surface area contributed by atoms with Gasteiger partial charge in [-0.15, -0.1) is 0 Å². The molecule has 4 aromatic rings. The molecule has 0 saturated carbocycles. The van der Waals surface area contributed by atoms with Gasteiger partial charge >= 0.3 is 0 Å². The molecule has 4 aromatic carbocycles. The molecule has 0 aliphatic carbocycles. The van der Waals surface area contributed by atoms with Crippen LogP contribution in [0.1, 0.15) is 35.6 Å². The van der Waals surface area contributed by atoms with Gasteiger partial charge in [0.15, 0.2) is 0 Å². The second-order valence-corrected chi connectivity index (χ2v) is 12.7. The van der Waals surface area contributed by atoms with Gasteiger partial charge in [0.05, 0.1) is 10.6 Å². The number of nitrogens with zero attached hydrogens (tertiary/aromatic N) is 2. The summed E-state index contributed by atoms with van der Waals surface area (Å²) < 4.78 is 43.0. The van der Waals surface area contributed by atoms with Gasteiger partial charge in [-0.3, -0.25) is 13.9 Å². The van der Waals surface area contributed by atoms with E-state index in [2.05, 4.69) is 5.32 Å². The fraction of sp³-hybridized carbons (Fsp3) is 0.257. The Morgan fingerprint density at radius 3 is 2.14 bits per heavy atom. The summed E-state index contributed by atoms with van der Waals surface area (Å²) in [6.45, 7) is 5.48. The number of anilines is 1. The van der Waals surface area contributed by atoms with E-state index in [0.717, 1.165) is 21.0 Å². The van der Waals surface area contributed by atoms with E-state index in [1.807, 2.05) is 57.2 Å². The predicted molar refractivity (Wildman–Crippen MR) is 171 cm³/mol. The van der Waals surface area contributed by atoms with E-state index in [-0.39, 0.29) is 23.8 Å². The van der Waals surface area contributed by atoms with Gasteiger partial charge in [0, 0.05) is 19.5 Å². The van der Waals surface area contributed by atoms with Crippen LogP contribution < -0.4 is 9.62 Å². The number of sulfonamides is 1. The molecule has 0 spiro atoms. The van der Waals surface area contributed by atoms with Crippen molar-refractivity contribution >= 4 is 27.5 Å². The molecule has 0 aliphatic heterocycles. The topological polar surface area (TPSA) is 86.8 Å². The molecule has 0 bridgehead atoms. The van der Waals surface area contributed by atoms with E-state index in [4.69, 9.17) is 0 Å². The maximum absolute atomic E-state index is 14.4. The Hall–Kier alpha value is -4.50. The summed E-state index contributed by atoms with van der Waals surface area (Å²) in [5, 5.41) is 2.91. The fourth-order valence-electron chi connectivity index (χ4n) is 4.86. The Morgan fingerprint density at radius 1 is 0.818 bits per heavy atom. The molecule has 0 unspecified atom stereocenters. The van der Waals surface area contributed by atoms with Crippen molar-refractivity contribution in [1.82, 2.24) is 10.2 Å². The minimum atomic E-state index is -4.18. The number of amides is 2. The highest BCUT2D eigenvalue weighted by Gasteiger charge is 2.34. The summed E-state index contributed by atoms with van der Waals surface area (Å²) in [7, 11) is -4.18. The Bertz CT molecular complexity index is 1660.